The number of nitrogens with zero attached hydrogens (tertiary/aromatic N) is 1. The lowest BCUT2D eigenvalue weighted by Gasteiger charge is -2.01. The molecule has 0 spiro atoms. The Bertz CT molecular complexity index is 747. The molecule has 0 aliphatic heterocycles. The molecule has 0 fully saturated rings. The number of benzene rings is 2. The summed E-state index contributed by atoms with van der Waals surface area (Å²) in [5, 5.41) is 11.5. The summed E-state index contributed by atoms with van der Waals surface area (Å²) < 4.78 is 2.59. The summed E-state index contributed by atoms with van der Waals surface area (Å²) in [6.45, 7) is 2.14. The minimum atomic E-state index is 0.484. The summed E-state index contributed by atoms with van der Waals surface area (Å²) in [7, 11) is 0. The third-order valence-corrected chi connectivity index (χ3v) is 4.21. The fraction of sp³-hybridized carbons (Fsp3) is 0.133. The number of aryl methyl sites for hydroxylation is 1. The predicted molar refractivity (Wildman–Crippen MR) is 73.4 cm³/mol. The number of fused-ring (bicyclic) bond motifs is 3. The fourth-order valence-electron chi connectivity index (χ4n) is 2.34. The molecule has 0 N–H and O–H groups in total. The third-order valence-electron chi connectivity index (χ3n) is 3.09. The molecule has 1 heterocycles. The first-order valence-corrected chi connectivity index (χ1v) is 6.39. The molecule has 2 heteroatoms. The molecule has 3 aromatic rings. The maximum Gasteiger partial charge on any atom is 0.0669 e. The van der Waals surface area contributed by atoms with E-state index in [0.29, 0.717) is 6.42 Å². The van der Waals surface area contributed by atoms with Gasteiger partial charge in [-0.3, -0.25) is 0 Å². The minimum Gasteiger partial charge on any atom is -0.198 e. The highest BCUT2D eigenvalue weighted by Gasteiger charge is 2.10. The summed E-state index contributed by atoms with van der Waals surface area (Å²) in [5.74, 6) is 0. The van der Waals surface area contributed by atoms with E-state index in [2.05, 4.69) is 43.3 Å². The maximum absolute atomic E-state index is 8.91. The number of rotatable bonds is 1. The highest BCUT2D eigenvalue weighted by molar-refractivity contribution is 7.25. The van der Waals surface area contributed by atoms with Gasteiger partial charge in [0.05, 0.1) is 12.5 Å². The molecule has 17 heavy (non-hydrogen) atoms. The van der Waals surface area contributed by atoms with Gasteiger partial charge in [-0.2, -0.15) is 5.26 Å². The van der Waals surface area contributed by atoms with Crippen LogP contribution in [0.5, 0.6) is 0 Å². The van der Waals surface area contributed by atoms with Gasteiger partial charge in [0, 0.05) is 20.2 Å². The highest BCUT2D eigenvalue weighted by atomic mass is 32.1. The molecule has 1 aromatic heterocycles. The van der Waals surface area contributed by atoms with E-state index in [9.17, 15) is 0 Å². The molecule has 0 saturated heterocycles. The second-order valence-electron chi connectivity index (χ2n) is 4.18. The van der Waals surface area contributed by atoms with Gasteiger partial charge in [0.2, 0.25) is 0 Å². The molecule has 0 amide bonds. The molecule has 0 atom stereocenters. The second kappa shape index (κ2) is 3.87. The van der Waals surface area contributed by atoms with Gasteiger partial charge in [-0.1, -0.05) is 24.3 Å². The summed E-state index contributed by atoms with van der Waals surface area (Å²) in [6, 6.07) is 14.9. The molecule has 2 aromatic carbocycles. The minimum absolute atomic E-state index is 0.484. The van der Waals surface area contributed by atoms with Gasteiger partial charge in [0.15, 0.2) is 0 Å². The van der Waals surface area contributed by atoms with Crippen molar-refractivity contribution in [1.29, 1.82) is 5.26 Å². The largest absolute Gasteiger partial charge is 0.198 e. The Morgan fingerprint density at radius 2 is 1.76 bits per heavy atom. The van der Waals surface area contributed by atoms with E-state index >= 15 is 0 Å². The predicted octanol–water partition coefficient (Wildman–Crippen LogP) is 4.43. The van der Waals surface area contributed by atoms with Crippen LogP contribution in [0.15, 0.2) is 36.4 Å². The monoisotopic (exact) mass is 237 g/mol. The van der Waals surface area contributed by atoms with Gasteiger partial charge in [-0.25, -0.2) is 0 Å². The van der Waals surface area contributed by atoms with Crippen molar-refractivity contribution in [2.24, 2.45) is 0 Å². The van der Waals surface area contributed by atoms with Crippen LogP contribution in [-0.4, -0.2) is 0 Å². The first kappa shape index (κ1) is 10.3. The summed E-state index contributed by atoms with van der Waals surface area (Å²) in [4.78, 5) is 0. The molecule has 0 aliphatic rings. The van der Waals surface area contributed by atoms with Crippen LogP contribution in [0.25, 0.3) is 20.2 Å². The van der Waals surface area contributed by atoms with Crippen LogP contribution in [0.4, 0.5) is 0 Å². The SMILES string of the molecule is Cc1cccc2sc3cccc(CC#N)c3c12. The smallest absolute Gasteiger partial charge is 0.0669 e. The standard InChI is InChI=1S/C15H11NS/c1-10-4-2-6-12-14(10)15-11(8-9-16)5-3-7-13(15)17-12/h2-7H,8H2,1H3. The number of thiophene rings is 1. The first-order valence-electron chi connectivity index (χ1n) is 5.58. The average Bonchev–Trinajstić information content (AvgIpc) is 2.70. The van der Waals surface area contributed by atoms with Crippen molar-refractivity contribution in [2.75, 3.05) is 0 Å². The van der Waals surface area contributed by atoms with Crippen molar-refractivity contribution in [3.8, 4) is 6.07 Å². The van der Waals surface area contributed by atoms with E-state index in [-0.39, 0.29) is 0 Å². The van der Waals surface area contributed by atoms with Crippen LogP contribution in [0.2, 0.25) is 0 Å². The summed E-state index contributed by atoms with van der Waals surface area (Å²) in [5.41, 5.74) is 2.43. The zero-order valence-corrected chi connectivity index (χ0v) is 10.3. The van der Waals surface area contributed by atoms with Gasteiger partial charge in [-0.15, -0.1) is 11.3 Å². The van der Waals surface area contributed by atoms with Crippen molar-refractivity contribution >= 4 is 31.5 Å². The normalized spacial score (nSPS) is 10.8. The zero-order chi connectivity index (χ0) is 11.8. The lowest BCUT2D eigenvalue weighted by Crippen LogP contribution is -1.83. The van der Waals surface area contributed by atoms with Crippen LogP contribution in [0.1, 0.15) is 11.1 Å². The number of hydrogen-bond donors (Lipinski definition) is 0. The Balaban J connectivity index is 2.53. The lowest BCUT2D eigenvalue weighted by molar-refractivity contribution is 1.29. The Labute approximate surface area is 104 Å². The van der Waals surface area contributed by atoms with Crippen molar-refractivity contribution in [3.63, 3.8) is 0 Å². The van der Waals surface area contributed by atoms with Crippen LogP contribution < -0.4 is 0 Å². The molecule has 0 radical (unpaired) electrons. The van der Waals surface area contributed by atoms with Crippen molar-refractivity contribution < 1.29 is 0 Å². The number of hydrogen-bond acceptors (Lipinski definition) is 2. The van der Waals surface area contributed by atoms with Gasteiger partial charge < -0.3 is 0 Å². The van der Waals surface area contributed by atoms with E-state index in [0.717, 1.165) is 5.56 Å². The molecule has 82 valence electrons. The van der Waals surface area contributed by atoms with Crippen LogP contribution in [0.3, 0.4) is 0 Å². The molecule has 0 saturated carbocycles. The molecule has 0 bridgehead atoms. The topological polar surface area (TPSA) is 23.8 Å². The Morgan fingerprint density at radius 3 is 2.53 bits per heavy atom. The number of nitriles is 1. The van der Waals surface area contributed by atoms with Crippen molar-refractivity contribution in [3.05, 3.63) is 47.5 Å². The Kier molecular flexibility index (Phi) is 2.35. The first-order chi connectivity index (χ1) is 8.31. The van der Waals surface area contributed by atoms with E-state index in [1.165, 1.54) is 25.7 Å². The van der Waals surface area contributed by atoms with Crippen molar-refractivity contribution in [1.82, 2.24) is 0 Å². The summed E-state index contributed by atoms with van der Waals surface area (Å²) >= 11 is 1.81. The quantitative estimate of drug-likeness (QED) is 0.614. The molecular weight excluding hydrogens is 226 g/mol. The zero-order valence-electron chi connectivity index (χ0n) is 9.53. The van der Waals surface area contributed by atoms with Crippen LogP contribution in [-0.2, 0) is 6.42 Å². The van der Waals surface area contributed by atoms with Gasteiger partial charge in [-0.05, 0) is 30.2 Å². The molecule has 0 aliphatic carbocycles. The van der Waals surface area contributed by atoms with Gasteiger partial charge in [0.1, 0.15) is 0 Å². The molecule has 3 rings (SSSR count). The molecular formula is C15H11NS. The lowest BCUT2D eigenvalue weighted by atomic mass is 10.0. The van der Waals surface area contributed by atoms with E-state index in [1.54, 1.807) is 11.3 Å². The van der Waals surface area contributed by atoms with E-state index < -0.39 is 0 Å². The van der Waals surface area contributed by atoms with Crippen LogP contribution >= 0.6 is 11.3 Å². The molecule has 0 unspecified atom stereocenters. The third kappa shape index (κ3) is 1.51. The highest BCUT2D eigenvalue weighted by Crippen LogP contribution is 2.37. The van der Waals surface area contributed by atoms with Crippen LogP contribution in [0, 0.1) is 18.3 Å². The van der Waals surface area contributed by atoms with Gasteiger partial charge >= 0.3 is 0 Å². The average molecular weight is 237 g/mol. The maximum atomic E-state index is 8.91. The van der Waals surface area contributed by atoms with Gasteiger partial charge in [0.25, 0.3) is 0 Å². The Morgan fingerprint density at radius 1 is 1.06 bits per heavy atom. The molecule has 1 nitrogen and oxygen atoms in total. The van der Waals surface area contributed by atoms with Crippen molar-refractivity contribution in [2.45, 2.75) is 13.3 Å². The van der Waals surface area contributed by atoms with E-state index in [4.69, 9.17) is 5.26 Å². The second-order valence-corrected chi connectivity index (χ2v) is 5.26. The van der Waals surface area contributed by atoms with E-state index in [1.807, 2.05) is 6.07 Å². The Hall–Kier alpha value is -1.85. The summed E-state index contributed by atoms with van der Waals surface area (Å²) in [6.07, 6.45) is 0.484. The fourth-order valence-corrected chi connectivity index (χ4v) is 3.57.